The number of pyridine rings is 1. The van der Waals surface area contributed by atoms with Crippen molar-refractivity contribution in [2.24, 2.45) is 0 Å². The summed E-state index contributed by atoms with van der Waals surface area (Å²) in [5, 5.41) is 8.97. The Balaban J connectivity index is 2.89. The van der Waals surface area contributed by atoms with Crippen molar-refractivity contribution in [2.75, 3.05) is 0 Å². The molecule has 0 saturated carbocycles. The maximum atomic E-state index is 12.4. The zero-order chi connectivity index (χ0) is 16.0. The molecule has 0 amide bonds. The highest BCUT2D eigenvalue weighted by atomic mass is 19.4. The van der Waals surface area contributed by atoms with E-state index in [2.05, 4.69) is 24.7 Å². The Kier molecular flexibility index (Phi) is 5.08. The number of aromatic nitrogens is 1. The van der Waals surface area contributed by atoms with Crippen molar-refractivity contribution in [2.45, 2.75) is 6.18 Å². The number of allylic oxidation sites excluding steroid dienone is 4. The van der Waals surface area contributed by atoms with E-state index in [4.69, 9.17) is 10.00 Å². The Labute approximate surface area is 120 Å². The third kappa shape index (κ3) is 4.66. The van der Waals surface area contributed by atoms with Gasteiger partial charge in [0, 0.05) is 12.3 Å². The molecular formula is C15H11F3N2O. The van der Waals surface area contributed by atoms with Crippen LogP contribution in [-0.2, 0) is 6.18 Å². The SMILES string of the molecule is C=CC(=C)/C=C(/C#N)C(=C)Oc1ccc(C(F)(F)F)cn1. The molecule has 6 heteroatoms. The van der Waals surface area contributed by atoms with Gasteiger partial charge in [-0.2, -0.15) is 18.4 Å². The molecule has 108 valence electrons. The molecule has 3 nitrogen and oxygen atoms in total. The number of hydrogen-bond acceptors (Lipinski definition) is 3. The summed E-state index contributed by atoms with van der Waals surface area (Å²) < 4.78 is 42.3. The molecule has 0 spiro atoms. The number of nitriles is 1. The maximum Gasteiger partial charge on any atom is 0.417 e. The average molecular weight is 292 g/mol. The van der Waals surface area contributed by atoms with E-state index < -0.39 is 11.7 Å². The smallest absolute Gasteiger partial charge is 0.417 e. The molecule has 1 rings (SSSR count). The van der Waals surface area contributed by atoms with Gasteiger partial charge in [-0.05, 0) is 17.7 Å². The quantitative estimate of drug-likeness (QED) is 0.464. The largest absolute Gasteiger partial charge is 0.438 e. The van der Waals surface area contributed by atoms with E-state index in [9.17, 15) is 13.2 Å². The Bertz CT molecular complexity index is 634. The molecule has 1 aromatic rings. The second kappa shape index (κ2) is 6.57. The van der Waals surface area contributed by atoms with Gasteiger partial charge < -0.3 is 4.74 Å². The van der Waals surface area contributed by atoms with E-state index in [0.29, 0.717) is 11.8 Å². The number of alkyl halides is 3. The Morgan fingerprint density at radius 3 is 2.43 bits per heavy atom. The minimum atomic E-state index is -4.47. The van der Waals surface area contributed by atoms with Crippen LogP contribution in [0.4, 0.5) is 13.2 Å². The van der Waals surface area contributed by atoms with Crippen LogP contribution in [0, 0.1) is 11.3 Å². The summed E-state index contributed by atoms with van der Waals surface area (Å²) in [6.45, 7) is 10.6. The molecule has 0 radical (unpaired) electrons. The molecule has 0 aliphatic rings. The lowest BCUT2D eigenvalue weighted by Crippen LogP contribution is -2.06. The van der Waals surface area contributed by atoms with Crippen molar-refractivity contribution < 1.29 is 17.9 Å². The fourth-order valence-electron chi connectivity index (χ4n) is 1.21. The Hall–Kier alpha value is -2.81. The summed E-state index contributed by atoms with van der Waals surface area (Å²) in [5.74, 6) is -0.147. The molecule has 0 saturated heterocycles. The molecule has 0 unspecified atom stereocenters. The number of rotatable bonds is 5. The van der Waals surface area contributed by atoms with Crippen LogP contribution >= 0.6 is 0 Å². The topological polar surface area (TPSA) is 45.9 Å². The van der Waals surface area contributed by atoms with Gasteiger partial charge in [0.2, 0.25) is 5.88 Å². The lowest BCUT2D eigenvalue weighted by molar-refractivity contribution is -0.137. The highest BCUT2D eigenvalue weighted by Gasteiger charge is 2.30. The van der Waals surface area contributed by atoms with Crippen LogP contribution in [0.5, 0.6) is 5.88 Å². The maximum absolute atomic E-state index is 12.4. The number of hydrogen-bond donors (Lipinski definition) is 0. The van der Waals surface area contributed by atoms with Crippen molar-refractivity contribution in [1.82, 2.24) is 4.98 Å². The highest BCUT2D eigenvalue weighted by molar-refractivity contribution is 5.45. The summed E-state index contributed by atoms with van der Waals surface area (Å²) >= 11 is 0. The Morgan fingerprint density at radius 1 is 1.33 bits per heavy atom. The molecule has 0 aliphatic heterocycles. The van der Waals surface area contributed by atoms with E-state index in [0.717, 1.165) is 12.1 Å². The van der Waals surface area contributed by atoms with E-state index >= 15 is 0 Å². The van der Waals surface area contributed by atoms with Gasteiger partial charge in [-0.25, -0.2) is 4.98 Å². The van der Waals surface area contributed by atoms with Crippen LogP contribution in [0.1, 0.15) is 5.56 Å². The average Bonchev–Trinajstić information content (AvgIpc) is 2.43. The van der Waals surface area contributed by atoms with Crippen molar-refractivity contribution >= 4 is 0 Å². The predicted molar refractivity (Wildman–Crippen MR) is 72.0 cm³/mol. The van der Waals surface area contributed by atoms with E-state index in [1.807, 2.05) is 6.07 Å². The van der Waals surface area contributed by atoms with Gasteiger partial charge in [-0.1, -0.05) is 25.8 Å². The molecule has 0 fully saturated rings. The molecule has 0 atom stereocenters. The zero-order valence-corrected chi connectivity index (χ0v) is 10.9. The fraction of sp³-hybridized carbons (Fsp3) is 0.0667. The summed E-state index contributed by atoms with van der Waals surface area (Å²) in [5.41, 5.74) is -0.352. The van der Waals surface area contributed by atoms with Gasteiger partial charge in [-0.15, -0.1) is 0 Å². The second-order valence-electron chi connectivity index (χ2n) is 3.86. The lowest BCUT2D eigenvalue weighted by Gasteiger charge is -2.09. The standard InChI is InChI=1S/C15H11F3N2O/c1-4-10(2)7-12(8-19)11(3)21-14-6-5-13(9-20-14)15(16,17)18/h4-7,9H,1-3H2/b12-7-. The molecule has 1 heterocycles. The minimum Gasteiger partial charge on any atom is -0.438 e. The first-order chi connectivity index (χ1) is 9.77. The highest BCUT2D eigenvalue weighted by Crippen LogP contribution is 2.29. The minimum absolute atomic E-state index is 0.0484. The second-order valence-corrected chi connectivity index (χ2v) is 3.86. The lowest BCUT2D eigenvalue weighted by atomic mass is 10.1. The number of nitrogens with zero attached hydrogens (tertiary/aromatic N) is 2. The van der Waals surface area contributed by atoms with Gasteiger partial charge >= 0.3 is 6.18 Å². The Morgan fingerprint density at radius 2 is 2.00 bits per heavy atom. The number of halogens is 3. The van der Waals surface area contributed by atoms with Gasteiger partial charge in [0.15, 0.2) is 0 Å². The molecule has 1 aromatic heterocycles. The molecule has 0 aromatic carbocycles. The van der Waals surface area contributed by atoms with Crippen LogP contribution < -0.4 is 4.74 Å². The summed E-state index contributed by atoms with van der Waals surface area (Å²) in [4.78, 5) is 3.52. The first-order valence-corrected chi connectivity index (χ1v) is 5.61. The zero-order valence-electron chi connectivity index (χ0n) is 10.9. The summed E-state index contributed by atoms with van der Waals surface area (Å²) in [6, 6.07) is 3.72. The summed E-state index contributed by atoms with van der Waals surface area (Å²) in [7, 11) is 0. The van der Waals surface area contributed by atoms with Gasteiger partial charge in [0.05, 0.1) is 11.1 Å². The van der Waals surface area contributed by atoms with Crippen LogP contribution in [0.15, 0.2) is 67.1 Å². The van der Waals surface area contributed by atoms with Crippen LogP contribution in [0.25, 0.3) is 0 Å². The predicted octanol–water partition coefficient (Wildman–Crippen LogP) is 4.19. The monoisotopic (exact) mass is 292 g/mol. The molecule has 0 bridgehead atoms. The van der Waals surface area contributed by atoms with E-state index in [-0.39, 0.29) is 17.2 Å². The summed E-state index contributed by atoms with van der Waals surface area (Å²) in [6.07, 6.45) is -1.01. The van der Waals surface area contributed by atoms with Crippen LogP contribution in [0.2, 0.25) is 0 Å². The van der Waals surface area contributed by atoms with Crippen molar-refractivity contribution in [3.8, 4) is 11.9 Å². The number of ether oxygens (including phenoxy) is 1. The van der Waals surface area contributed by atoms with Gasteiger partial charge in [-0.3, -0.25) is 0 Å². The molecule has 0 N–H and O–H groups in total. The fourth-order valence-corrected chi connectivity index (χ4v) is 1.21. The van der Waals surface area contributed by atoms with Crippen molar-refractivity contribution in [3.05, 3.63) is 72.7 Å². The third-order valence-electron chi connectivity index (χ3n) is 2.30. The van der Waals surface area contributed by atoms with Crippen molar-refractivity contribution in [3.63, 3.8) is 0 Å². The van der Waals surface area contributed by atoms with E-state index in [1.165, 1.54) is 12.2 Å². The third-order valence-corrected chi connectivity index (χ3v) is 2.30. The van der Waals surface area contributed by atoms with Gasteiger partial charge in [0.25, 0.3) is 0 Å². The molecule has 0 aliphatic carbocycles. The van der Waals surface area contributed by atoms with Gasteiger partial charge in [0.1, 0.15) is 11.8 Å². The van der Waals surface area contributed by atoms with Crippen LogP contribution in [0.3, 0.4) is 0 Å². The normalized spacial score (nSPS) is 11.4. The molecule has 21 heavy (non-hydrogen) atoms. The van der Waals surface area contributed by atoms with Crippen LogP contribution in [-0.4, -0.2) is 4.98 Å². The van der Waals surface area contributed by atoms with Crippen molar-refractivity contribution in [1.29, 1.82) is 5.26 Å². The first-order valence-electron chi connectivity index (χ1n) is 5.61. The molecular weight excluding hydrogens is 281 g/mol. The first kappa shape index (κ1) is 16.2. The van der Waals surface area contributed by atoms with E-state index in [1.54, 1.807) is 0 Å².